The molecule has 144 valence electrons. The summed E-state index contributed by atoms with van der Waals surface area (Å²) in [6, 6.07) is 15.0. The van der Waals surface area contributed by atoms with Gasteiger partial charge in [0.15, 0.2) is 0 Å². The molecule has 2 aliphatic rings. The summed E-state index contributed by atoms with van der Waals surface area (Å²) >= 11 is 0. The zero-order chi connectivity index (χ0) is 18.5. The fraction of sp³-hybridized carbons (Fsp3) is 0.500. The van der Waals surface area contributed by atoms with Gasteiger partial charge in [-0.2, -0.15) is 0 Å². The molecule has 0 aliphatic carbocycles. The number of hydrogen-bond acceptors (Lipinski definition) is 3. The van der Waals surface area contributed by atoms with Crippen molar-refractivity contribution in [1.82, 2.24) is 14.4 Å². The smallest absolute Gasteiger partial charge is 0.223 e. The van der Waals surface area contributed by atoms with E-state index < -0.39 is 0 Å². The molecular weight excluding hydrogens is 338 g/mol. The van der Waals surface area contributed by atoms with Crippen molar-refractivity contribution < 1.29 is 9.53 Å². The predicted molar refractivity (Wildman–Crippen MR) is 105 cm³/mol. The van der Waals surface area contributed by atoms with Gasteiger partial charge in [-0.05, 0) is 30.0 Å². The van der Waals surface area contributed by atoms with Crippen LogP contribution in [0.25, 0.3) is 0 Å². The highest BCUT2D eigenvalue weighted by atomic mass is 16.5. The average Bonchev–Trinajstić information content (AvgIpc) is 3.07. The van der Waals surface area contributed by atoms with E-state index in [4.69, 9.17) is 4.74 Å². The zero-order valence-electron chi connectivity index (χ0n) is 15.9. The Bertz CT molecular complexity index is 737. The lowest BCUT2D eigenvalue weighted by atomic mass is 10.0. The normalized spacial score (nSPS) is 20.9. The van der Waals surface area contributed by atoms with Gasteiger partial charge in [0.1, 0.15) is 0 Å². The Morgan fingerprint density at radius 3 is 2.67 bits per heavy atom. The molecule has 1 unspecified atom stereocenters. The van der Waals surface area contributed by atoms with Crippen molar-refractivity contribution in [3.05, 3.63) is 59.9 Å². The molecule has 2 aliphatic heterocycles. The van der Waals surface area contributed by atoms with Crippen molar-refractivity contribution in [3.8, 4) is 0 Å². The third kappa shape index (κ3) is 4.79. The number of nitrogens with zero attached hydrogens (tertiary/aromatic N) is 3. The Balaban J connectivity index is 1.41. The van der Waals surface area contributed by atoms with E-state index in [1.54, 1.807) is 0 Å². The van der Waals surface area contributed by atoms with E-state index in [1.165, 1.54) is 11.3 Å². The molecule has 1 saturated heterocycles. The predicted octanol–water partition coefficient (Wildman–Crippen LogP) is 2.41. The summed E-state index contributed by atoms with van der Waals surface area (Å²) < 4.78 is 7.71. The molecule has 2 aromatic rings. The van der Waals surface area contributed by atoms with Crippen molar-refractivity contribution in [1.29, 1.82) is 0 Å². The van der Waals surface area contributed by atoms with Crippen LogP contribution in [0.15, 0.2) is 48.7 Å². The maximum Gasteiger partial charge on any atom is 0.223 e. The van der Waals surface area contributed by atoms with Gasteiger partial charge in [-0.3, -0.25) is 9.69 Å². The number of fused-ring (bicyclic) bond motifs is 1. The zero-order valence-corrected chi connectivity index (χ0v) is 15.9. The molecular formula is C22H29N3O2. The van der Waals surface area contributed by atoms with Gasteiger partial charge < -0.3 is 14.2 Å². The highest BCUT2D eigenvalue weighted by Gasteiger charge is 2.26. The van der Waals surface area contributed by atoms with E-state index in [1.807, 2.05) is 4.90 Å². The lowest BCUT2D eigenvalue weighted by Crippen LogP contribution is -2.42. The Hall–Kier alpha value is -2.11. The quantitative estimate of drug-likeness (QED) is 0.815. The van der Waals surface area contributed by atoms with Crippen LogP contribution < -0.4 is 0 Å². The van der Waals surface area contributed by atoms with E-state index >= 15 is 0 Å². The standard InChI is InChI=1S/C22H29N3O2/c26-22(24-11-13-27-14-12-24)15-20-16-23(10-8-19-5-2-1-3-6-19)18-21-7-4-9-25(21)17-20/h1-7,9,20H,8,10-18H2. The molecule has 1 aromatic heterocycles. The fourth-order valence-electron chi connectivity index (χ4n) is 4.19. The van der Waals surface area contributed by atoms with Gasteiger partial charge in [-0.1, -0.05) is 30.3 Å². The summed E-state index contributed by atoms with van der Waals surface area (Å²) in [6.07, 6.45) is 3.83. The lowest BCUT2D eigenvalue weighted by Gasteiger charge is -2.29. The number of morpholine rings is 1. The molecule has 1 aromatic carbocycles. The van der Waals surface area contributed by atoms with Gasteiger partial charge in [0.05, 0.1) is 13.2 Å². The summed E-state index contributed by atoms with van der Waals surface area (Å²) in [5, 5.41) is 0. The Labute approximate surface area is 161 Å². The van der Waals surface area contributed by atoms with E-state index in [0.29, 0.717) is 25.6 Å². The van der Waals surface area contributed by atoms with Crippen LogP contribution in [0.4, 0.5) is 0 Å². The molecule has 5 nitrogen and oxygen atoms in total. The SMILES string of the molecule is O=C(CC1CN(CCc2ccccc2)Cc2cccn2C1)N1CCOCC1. The highest BCUT2D eigenvalue weighted by Crippen LogP contribution is 2.21. The van der Waals surface area contributed by atoms with Crippen LogP contribution in [0.2, 0.25) is 0 Å². The van der Waals surface area contributed by atoms with Crippen LogP contribution in [-0.4, -0.2) is 59.7 Å². The van der Waals surface area contributed by atoms with Gasteiger partial charge >= 0.3 is 0 Å². The molecule has 1 amide bonds. The molecule has 1 fully saturated rings. The van der Waals surface area contributed by atoms with E-state index in [2.05, 4.69) is 58.1 Å². The summed E-state index contributed by atoms with van der Waals surface area (Å²) in [4.78, 5) is 17.2. The van der Waals surface area contributed by atoms with Crippen LogP contribution in [-0.2, 0) is 29.0 Å². The monoisotopic (exact) mass is 367 g/mol. The summed E-state index contributed by atoms with van der Waals surface area (Å²) in [6.45, 7) is 6.70. The maximum atomic E-state index is 12.8. The second-order valence-electron chi connectivity index (χ2n) is 7.69. The molecule has 4 rings (SSSR count). The number of ether oxygens (including phenoxy) is 1. The minimum absolute atomic E-state index is 0.280. The van der Waals surface area contributed by atoms with Gasteiger partial charge in [-0.25, -0.2) is 0 Å². The number of aromatic nitrogens is 1. The summed E-state index contributed by atoms with van der Waals surface area (Å²) in [5.41, 5.74) is 2.72. The maximum absolute atomic E-state index is 12.8. The Morgan fingerprint density at radius 1 is 1.04 bits per heavy atom. The van der Waals surface area contributed by atoms with Crippen LogP contribution >= 0.6 is 0 Å². The molecule has 0 bridgehead atoms. The second-order valence-corrected chi connectivity index (χ2v) is 7.69. The lowest BCUT2D eigenvalue weighted by molar-refractivity contribution is -0.136. The van der Waals surface area contributed by atoms with Crippen LogP contribution in [0.1, 0.15) is 17.7 Å². The van der Waals surface area contributed by atoms with E-state index in [-0.39, 0.29) is 5.91 Å². The number of rotatable bonds is 5. The number of benzene rings is 1. The van der Waals surface area contributed by atoms with Crippen molar-refractivity contribution >= 4 is 5.91 Å². The molecule has 0 spiro atoms. The largest absolute Gasteiger partial charge is 0.378 e. The average molecular weight is 367 g/mol. The van der Waals surface area contributed by atoms with Gasteiger partial charge in [0, 0.05) is 57.6 Å². The minimum Gasteiger partial charge on any atom is -0.378 e. The topological polar surface area (TPSA) is 37.7 Å². The fourth-order valence-corrected chi connectivity index (χ4v) is 4.19. The van der Waals surface area contributed by atoms with Crippen LogP contribution in [0.3, 0.4) is 0 Å². The third-order valence-corrected chi connectivity index (χ3v) is 5.67. The highest BCUT2D eigenvalue weighted by molar-refractivity contribution is 5.76. The first kappa shape index (κ1) is 18.3. The first-order chi connectivity index (χ1) is 13.3. The van der Waals surface area contributed by atoms with Gasteiger partial charge in [0.2, 0.25) is 5.91 Å². The number of carbonyl (C=O) groups is 1. The molecule has 0 N–H and O–H groups in total. The Kier molecular flexibility index (Phi) is 5.90. The molecule has 1 atom stereocenters. The van der Waals surface area contributed by atoms with Crippen molar-refractivity contribution in [3.63, 3.8) is 0 Å². The Morgan fingerprint density at radius 2 is 1.85 bits per heavy atom. The van der Waals surface area contributed by atoms with E-state index in [9.17, 15) is 4.79 Å². The van der Waals surface area contributed by atoms with Crippen molar-refractivity contribution in [2.24, 2.45) is 5.92 Å². The minimum atomic E-state index is 0.280. The van der Waals surface area contributed by atoms with Crippen molar-refractivity contribution in [2.75, 3.05) is 39.4 Å². The molecule has 3 heterocycles. The molecule has 27 heavy (non-hydrogen) atoms. The molecule has 5 heteroatoms. The van der Waals surface area contributed by atoms with Crippen molar-refractivity contribution in [2.45, 2.75) is 25.9 Å². The molecule has 0 saturated carbocycles. The summed E-state index contributed by atoms with van der Waals surface area (Å²) in [7, 11) is 0. The summed E-state index contributed by atoms with van der Waals surface area (Å²) in [5.74, 6) is 0.631. The first-order valence-corrected chi connectivity index (χ1v) is 10.0. The van der Waals surface area contributed by atoms with E-state index in [0.717, 1.165) is 45.7 Å². The third-order valence-electron chi connectivity index (χ3n) is 5.67. The van der Waals surface area contributed by atoms with Gasteiger partial charge in [0.25, 0.3) is 0 Å². The first-order valence-electron chi connectivity index (χ1n) is 10.0. The van der Waals surface area contributed by atoms with Gasteiger partial charge in [-0.15, -0.1) is 0 Å². The number of amides is 1. The van der Waals surface area contributed by atoms with Crippen LogP contribution in [0.5, 0.6) is 0 Å². The second kappa shape index (κ2) is 8.72. The molecule has 0 radical (unpaired) electrons. The number of hydrogen-bond donors (Lipinski definition) is 0. The van der Waals surface area contributed by atoms with Crippen LogP contribution in [0, 0.1) is 5.92 Å². The number of carbonyl (C=O) groups excluding carboxylic acids is 1.